The van der Waals surface area contributed by atoms with Crippen LogP contribution in [0.15, 0.2) is 23.0 Å². The number of halogens is 3. The van der Waals surface area contributed by atoms with Crippen LogP contribution in [0, 0.1) is 0 Å². The Morgan fingerprint density at radius 2 is 1.82 bits per heavy atom. The molecule has 0 aromatic carbocycles. The molecule has 116 valence electrons. The van der Waals surface area contributed by atoms with Crippen LogP contribution in [0.4, 0.5) is 13.2 Å². The Balaban J connectivity index is 2.34. The van der Waals surface area contributed by atoms with Crippen LogP contribution < -0.4 is 5.56 Å². The first-order valence-corrected chi connectivity index (χ1v) is 6.58. The van der Waals surface area contributed by atoms with E-state index in [-0.39, 0.29) is 16.4 Å². The van der Waals surface area contributed by atoms with E-state index in [0.29, 0.717) is 11.3 Å². The van der Waals surface area contributed by atoms with Gasteiger partial charge in [0.15, 0.2) is 0 Å². The third-order valence-electron chi connectivity index (χ3n) is 3.33. The van der Waals surface area contributed by atoms with Crippen molar-refractivity contribution in [3.05, 3.63) is 39.9 Å². The van der Waals surface area contributed by atoms with E-state index >= 15 is 0 Å². The van der Waals surface area contributed by atoms with E-state index in [2.05, 4.69) is 15.1 Å². The zero-order valence-corrected chi connectivity index (χ0v) is 12.1. The summed E-state index contributed by atoms with van der Waals surface area (Å²) in [5.74, 6) is 0. The van der Waals surface area contributed by atoms with Crippen LogP contribution in [0.1, 0.15) is 32.2 Å². The summed E-state index contributed by atoms with van der Waals surface area (Å²) in [6.07, 6.45) is -4.56. The molecule has 1 N–H and O–H groups in total. The summed E-state index contributed by atoms with van der Waals surface area (Å²) in [5, 5.41) is 4.29. The molecule has 0 fully saturated rings. The average molecular weight is 310 g/mol. The van der Waals surface area contributed by atoms with Crippen LogP contribution in [0.2, 0.25) is 0 Å². The number of pyridine rings is 1. The second kappa shape index (κ2) is 4.31. The standard InChI is InChI=1S/C14H13F3N4O/c1-13(2,3)9-6-10-19-11-7(12(22)21(10)20-9)4-5-8(18-11)14(15,16)17/h4-6H,1-3H3,(H,18,19). The number of H-pyrrole nitrogens is 1. The Morgan fingerprint density at radius 3 is 2.41 bits per heavy atom. The molecule has 0 spiro atoms. The monoisotopic (exact) mass is 310 g/mol. The maximum atomic E-state index is 12.7. The first-order valence-electron chi connectivity index (χ1n) is 6.58. The number of alkyl halides is 3. The average Bonchev–Trinajstić information content (AvgIpc) is 2.81. The van der Waals surface area contributed by atoms with Gasteiger partial charge in [-0.05, 0) is 12.1 Å². The van der Waals surface area contributed by atoms with Crippen molar-refractivity contribution in [2.24, 2.45) is 0 Å². The van der Waals surface area contributed by atoms with Crippen molar-refractivity contribution in [2.75, 3.05) is 0 Å². The van der Waals surface area contributed by atoms with Crippen LogP contribution >= 0.6 is 0 Å². The van der Waals surface area contributed by atoms with Crippen LogP contribution in [0.5, 0.6) is 0 Å². The van der Waals surface area contributed by atoms with Crippen molar-refractivity contribution in [3.63, 3.8) is 0 Å². The topological polar surface area (TPSA) is 63.0 Å². The highest BCUT2D eigenvalue weighted by molar-refractivity contribution is 5.76. The van der Waals surface area contributed by atoms with Gasteiger partial charge in [0.2, 0.25) is 0 Å². The largest absolute Gasteiger partial charge is 0.433 e. The molecule has 0 amide bonds. The highest BCUT2D eigenvalue weighted by atomic mass is 19.4. The van der Waals surface area contributed by atoms with Gasteiger partial charge >= 0.3 is 6.18 Å². The predicted molar refractivity (Wildman–Crippen MR) is 74.8 cm³/mol. The molecule has 0 bridgehead atoms. The molecule has 8 heteroatoms. The number of hydrogen-bond acceptors (Lipinski definition) is 3. The minimum Gasteiger partial charge on any atom is -0.324 e. The van der Waals surface area contributed by atoms with E-state index in [1.807, 2.05) is 20.8 Å². The summed E-state index contributed by atoms with van der Waals surface area (Å²) < 4.78 is 39.3. The Hall–Kier alpha value is -2.38. The molecule has 3 aromatic rings. The molecule has 3 heterocycles. The lowest BCUT2D eigenvalue weighted by atomic mass is 9.93. The van der Waals surface area contributed by atoms with Crippen molar-refractivity contribution in [1.29, 1.82) is 0 Å². The summed E-state index contributed by atoms with van der Waals surface area (Å²) in [6.45, 7) is 5.79. The molecular weight excluding hydrogens is 297 g/mol. The minimum absolute atomic E-state index is 0.0593. The van der Waals surface area contributed by atoms with Gasteiger partial charge in [-0.15, -0.1) is 0 Å². The van der Waals surface area contributed by atoms with Gasteiger partial charge in [0.05, 0.1) is 11.1 Å². The zero-order valence-electron chi connectivity index (χ0n) is 12.1. The Bertz CT molecular complexity index is 931. The van der Waals surface area contributed by atoms with E-state index < -0.39 is 17.4 Å². The van der Waals surface area contributed by atoms with Crippen LogP contribution in [-0.2, 0) is 11.6 Å². The molecule has 0 atom stereocenters. The van der Waals surface area contributed by atoms with Crippen molar-refractivity contribution in [1.82, 2.24) is 19.6 Å². The van der Waals surface area contributed by atoms with Crippen molar-refractivity contribution in [2.45, 2.75) is 32.4 Å². The second-order valence-corrected chi connectivity index (χ2v) is 6.10. The molecule has 0 radical (unpaired) electrons. The van der Waals surface area contributed by atoms with Gasteiger partial charge in [0.1, 0.15) is 17.0 Å². The van der Waals surface area contributed by atoms with Crippen molar-refractivity contribution >= 4 is 16.7 Å². The molecule has 0 aliphatic rings. The lowest BCUT2D eigenvalue weighted by Crippen LogP contribution is -2.18. The molecule has 0 saturated carbocycles. The van der Waals surface area contributed by atoms with Gasteiger partial charge in [0.25, 0.3) is 5.56 Å². The number of aromatic nitrogens is 4. The first kappa shape index (κ1) is 14.6. The molecule has 0 aliphatic carbocycles. The van der Waals surface area contributed by atoms with Crippen LogP contribution in [0.3, 0.4) is 0 Å². The van der Waals surface area contributed by atoms with Gasteiger partial charge in [-0.1, -0.05) is 20.8 Å². The fraction of sp³-hybridized carbons (Fsp3) is 0.357. The third kappa shape index (κ3) is 2.24. The van der Waals surface area contributed by atoms with E-state index in [0.717, 1.165) is 16.6 Å². The Morgan fingerprint density at radius 1 is 1.14 bits per heavy atom. The summed E-state index contributed by atoms with van der Waals surface area (Å²) >= 11 is 0. The lowest BCUT2D eigenvalue weighted by molar-refractivity contribution is -0.141. The Kier molecular flexibility index (Phi) is 2.85. The molecular formula is C14H13F3N4O. The van der Waals surface area contributed by atoms with Gasteiger partial charge < -0.3 is 4.98 Å². The normalized spacial score (nSPS) is 13.2. The quantitative estimate of drug-likeness (QED) is 0.694. The number of hydrogen-bond donors (Lipinski definition) is 1. The molecule has 0 saturated heterocycles. The van der Waals surface area contributed by atoms with Gasteiger partial charge in [-0.2, -0.15) is 22.8 Å². The summed E-state index contributed by atoms with van der Waals surface area (Å²) in [4.78, 5) is 18.6. The highest BCUT2D eigenvalue weighted by Crippen LogP contribution is 2.28. The highest BCUT2D eigenvalue weighted by Gasteiger charge is 2.32. The van der Waals surface area contributed by atoms with Gasteiger partial charge in [-0.25, -0.2) is 4.98 Å². The number of fused-ring (bicyclic) bond motifs is 2. The molecule has 0 unspecified atom stereocenters. The third-order valence-corrected chi connectivity index (χ3v) is 3.33. The second-order valence-electron chi connectivity index (χ2n) is 6.10. The van der Waals surface area contributed by atoms with E-state index in [1.54, 1.807) is 6.07 Å². The fourth-order valence-corrected chi connectivity index (χ4v) is 2.11. The predicted octanol–water partition coefficient (Wildman–Crippen LogP) is 2.89. The summed E-state index contributed by atoms with van der Waals surface area (Å²) in [5.41, 5.74) is -0.964. The molecule has 0 aliphatic heterocycles. The smallest absolute Gasteiger partial charge is 0.324 e. The van der Waals surface area contributed by atoms with Crippen LogP contribution in [0.25, 0.3) is 16.7 Å². The summed E-state index contributed by atoms with van der Waals surface area (Å²) in [7, 11) is 0. The van der Waals surface area contributed by atoms with Gasteiger partial charge in [0, 0.05) is 11.5 Å². The molecule has 3 aromatic heterocycles. The van der Waals surface area contributed by atoms with Crippen molar-refractivity contribution in [3.8, 4) is 0 Å². The molecule has 22 heavy (non-hydrogen) atoms. The van der Waals surface area contributed by atoms with E-state index in [9.17, 15) is 18.0 Å². The fourth-order valence-electron chi connectivity index (χ4n) is 2.11. The maximum absolute atomic E-state index is 12.7. The number of rotatable bonds is 0. The minimum atomic E-state index is -4.56. The SMILES string of the molecule is CC(C)(C)c1cc2[nH]c3nc(C(F)(F)F)ccc3c(=O)n2n1. The van der Waals surface area contributed by atoms with Crippen molar-refractivity contribution < 1.29 is 13.2 Å². The number of aromatic amines is 1. The first-order chi connectivity index (χ1) is 10.1. The summed E-state index contributed by atoms with van der Waals surface area (Å²) in [6, 6.07) is 3.54. The number of nitrogens with one attached hydrogen (secondary N) is 1. The van der Waals surface area contributed by atoms with E-state index in [1.165, 1.54) is 0 Å². The van der Waals surface area contributed by atoms with Gasteiger partial charge in [-0.3, -0.25) is 4.79 Å². The maximum Gasteiger partial charge on any atom is 0.433 e. The molecule has 5 nitrogen and oxygen atoms in total. The number of nitrogens with zero attached hydrogens (tertiary/aromatic N) is 3. The molecule has 3 rings (SSSR count). The van der Waals surface area contributed by atoms with E-state index in [4.69, 9.17) is 0 Å². The van der Waals surface area contributed by atoms with Crippen LogP contribution in [-0.4, -0.2) is 19.6 Å². The zero-order chi connectivity index (χ0) is 16.3. The Labute approximate surface area is 122 Å². The lowest BCUT2D eigenvalue weighted by Gasteiger charge is -2.13.